The first-order valence-corrected chi connectivity index (χ1v) is 9.84. The third-order valence-corrected chi connectivity index (χ3v) is 5.56. The summed E-state index contributed by atoms with van der Waals surface area (Å²) in [4.78, 5) is 19.0. The Morgan fingerprint density at radius 2 is 1.79 bits per heavy atom. The van der Waals surface area contributed by atoms with Gasteiger partial charge in [-0.3, -0.25) is 9.69 Å². The molecule has 0 aliphatic carbocycles. The monoisotopic (exact) mass is 394 g/mol. The summed E-state index contributed by atoms with van der Waals surface area (Å²) in [6.45, 7) is 10.4. The summed E-state index contributed by atoms with van der Waals surface area (Å²) < 4.78 is 5.52. The molecule has 0 atom stereocenters. The summed E-state index contributed by atoms with van der Waals surface area (Å²) in [6.07, 6.45) is 0.454. The quantitative estimate of drug-likeness (QED) is 0.666. The molecule has 0 N–H and O–H groups in total. The van der Waals surface area contributed by atoms with Gasteiger partial charge in [-0.2, -0.15) is 0 Å². The Hall–Kier alpha value is -2.53. The highest BCUT2D eigenvalue weighted by Gasteiger charge is 2.32. The van der Waals surface area contributed by atoms with Gasteiger partial charge in [0.2, 0.25) is 5.11 Å². The number of carbonyl (C=O) groups excluding carboxylic acids is 1. The second kappa shape index (κ2) is 7.84. The molecule has 0 aromatic heterocycles. The van der Waals surface area contributed by atoms with Gasteiger partial charge in [-0.25, -0.2) is 4.99 Å². The minimum absolute atomic E-state index is 0.144. The molecule has 0 unspecified atom stereocenters. The predicted molar refractivity (Wildman–Crippen MR) is 119 cm³/mol. The molecule has 146 valence electrons. The molecule has 5 heteroatoms. The fourth-order valence-electron chi connectivity index (χ4n) is 3.38. The van der Waals surface area contributed by atoms with E-state index in [0.717, 1.165) is 33.7 Å². The Labute approximate surface area is 172 Å². The van der Waals surface area contributed by atoms with E-state index in [1.165, 1.54) is 10.5 Å². The van der Waals surface area contributed by atoms with Gasteiger partial charge in [0.25, 0.3) is 5.91 Å². The molecule has 1 aliphatic rings. The average molecular weight is 395 g/mol. The molecule has 1 amide bonds. The number of hydrogen-bond acceptors (Lipinski definition) is 3. The van der Waals surface area contributed by atoms with Crippen molar-refractivity contribution in [3.63, 3.8) is 0 Å². The number of aliphatic imine (C=N–C) groups is 1. The summed E-state index contributed by atoms with van der Waals surface area (Å²) in [6, 6.07) is 10.1. The minimum Gasteiger partial charge on any atom is -0.496 e. The van der Waals surface area contributed by atoms with Crippen molar-refractivity contribution < 1.29 is 9.53 Å². The van der Waals surface area contributed by atoms with Gasteiger partial charge in [0.1, 0.15) is 11.5 Å². The average Bonchev–Trinajstić information content (AvgIpc) is 2.92. The number of aryl methyl sites for hydroxylation is 3. The SMILES string of the molecule is COc1cc(C)c(CC2=NC(=S)N(c3ccc(C)c(C)c3)C2=O)cc1C(C)C. The van der Waals surface area contributed by atoms with Crippen LogP contribution >= 0.6 is 12.2 Å². The second-order valence-electron chi connectivity index (χ2n) is 7.60. The van der Waals surface area contributed by atoms with Crippen LogP contribution in [0.15, 0.2) is 35.3 Å². The molecule has 3 rings (SSSR count). The molecular weight excluding hydrogens is 368 g/mol. The van der Waals surface area contributed by atoms with Crippen molar-refractivity contribution in [2.75, 3.05) is 12.0 Å². The summed E-state index contributed by atoms with van der Waals surface area (Å²) in [7, 11) is 1.69. The van der Waals surface area contributed by atoms with Crippen LogP contribution in [0.1, 0.15) is 47.6 Å². The summed E-state index contributed by atoms with van der Waals surface area (Å²) in [5, 5.41) is 0.304. The van der Waals surface area contributed by atoms with Crippen LogP contribution in [0.5, 0.6) is 5.75 Å². The molecule has 4 nitrogen and oxygen atoms in total. The lowest BCUT2D eigenvalue weighted by Gasteiger charge is -2.17. The van der Waals surface area contributed by atoms with E-state index >= 15 is 0 Å². The molecule has 1 aliphatic heterocycles. The topological polar surface area (TPSA) is 41.9 Å². The van der Waals surface area contributed by atoms with E-state index in [0.29, 0.717) is 23.2 Å². The summed E-state index contributed by atoms with van der Waals surface area (Å²) in [5.74, 6) is 1.06. The Kier molecular flexibility index (Phi) is 5.66. The zero-order valence-corrected chi connectivity index (χ0v) is 18.1. The maximum Gasteiger partial charge on any atom is 0.279 e. The predicted octanol–water partition coefficient (Wildman–Crippen LogP) is 5.06. The van der Waals surface area contributed by atoms with Gasteiger partial charge in [-0.15, -0.1) is 0 Å². The zero-order chi connectivity index (χ0) is 20.6. The first-order valence-electron chi connectivity index (χ1n) is 9.43. The van der Waals surface area contributed by atoms with Crippen molar-refractivity contribution >= 4 is 34.6 Å². The number of carbonyl (C=O) groups is 1. The molecule has 0 spiro atoms. The van der Waals surface area contributed by atoms with E-state index in [-0.39, 0.29) is 5.91 Å². The number of anilines is 1. The van der Waals surface area contributed by atoms with Crippen LogP contribution in [0.2, 0.25) is 0 Å². The number of nitrogens with zero attached hydrogens (tertiary/aromatic N) is 2. The van der Waals surface area contributed by atoms with Gasteiger partial charge in [0.15, 0.2) is 0 Å². The Morgan fingerprint density at radius 1 is 1.07 bits per heavy atom. The van der Waals surface area contributed by atoms with Crippen LogP contribution in [-0.2, 0) is 11.2 Å². The number of amides is 1. The molecule has 2 aromatic rings. The second-order valence-corrected chi connectivity index (χ2v) is 7.97. The Morgan fingerprint density at radius 3 is 2.39 bits per heavy atom. The van der Waals surface area contributed by atoms with Crippen LogP contribution in [0.25, 0.3) is 0 Å². The van der Waals surface area contributed by atoms with E-state index < -0.39 is 0 Å². The summed E-state index contributed by atoms with van der Waals surface area (Å²) >= 11 is 5.41. The number of benzene rings is 2. The first kappa shape index (κ1) is 20.2. The molecule has 0 bridgehead atoms. The van der Waals surface area contributed by atoms with Gasteiger partial charge in [0, 0.05) is 6.42 Å². The fourth-order valence-corrected chi connectivity index (χ4v) is 3.68. The van der Waals surface area contributed by atoms with Crippen LogP contribution < -0.4 is 9.64 Å². The van der Waals surface area contributed by atoms with Crippen molar-refractivity contribution in [1.82, 2.24) is 0 Å². The number of methoxy groups -OCH3 is 1. The largest absolute Gasteiger partial charge is 0.496 e. The molecule has 0 saturated heterocycles. The molecule has 2 aromatic carbocycles. The van der Waals surface area contributed by atoms with E-state index in [4.69, 9.17) is 17.0 Å². The molecule has 0 radical (unpaired) electrons. The standard InChI is InChI=1S/C23H26N2O2S/c1-13(2)19-11-17(16(5)10-21(19)27-6)12-20-22(26)25(23(28)24-20)18-8-7-14(3)15(4)9-18/h7-11,13H,12H2,1-6H3. The molecular formula is C23H26N2O2S. The minimum atomic E-state index is -0.144. The molecule has 0 fully saturated rings. The normalized spacial score (nSPS) is 14.1. The highest BCUT2D eigenvalue weighted by molar-refractivity contribution is 7.80. The highest BCUT2D eigenvalue weighted by atomic mass is 32.1. The lowest BCUT2D eigenvalue weighted by Crippen LogP contribution is -2.33. The number of hydrogen-bond donors (Lipinski definition) is 0. The van der Waals surface area contributed by atoms with E-state index in [1.54, 1.807) is 7.11 Å². The maximum absolute atomic E-state index is 13.1. The smallest absolute Gasteiger partial charge is 0.279 e. The Bertz CT molecular complexity index is 992. The van der Waals surface area contributed by atoms with Crippen molar-refractivity contribution in [3.8, 4) is 5.75 Å². The van der Waals surface area contributed by atoms with Crippen LogP contribution in [0.3, 0.4) is 0 Å². The lowest BCUT2D eigenvalue weighted by atomic mass is 9.94. The van der Waals surface area contributed by atoms with Gasteiger partial charge < -0.3 is 4.74 Å². The van der Waals surface area contributed by atoms with E-state index in [1.807, 2.05) is 45.0 Å². The van der Waals surface area contributed by atoms with E-state index in [9.17, 15) is 4.79 Å². The number of rotatable bonds is 5. The first-order chi connectivity index (χ1) is 13.2. The third kappa shape index (κ3) is 3.72. The lowest BCUT2D eigenvalue weighted by molar-refractivity contribution is -0.111. The van der Waals surface area contributed by atoms with Crippen molar-refractivity contribution in [2.24, 2.45) is 4.99 Å². The van der Waals surface area contributed by atoms with Crippen molar-refractivity contribution in [2.45, 2.75) is 47.0 Å². The van der Waals surface area contributed by atoms with E-state index in [2.05, 4.69) is 24.9 Å². The maximum atomic E-state index is 13.1. The van der Waals surface area contributed by atoms with Crippen molar-refractivity contribution in [3.05, 3.63) is 58.1 Å². The zero-order valence-electron chi connectivity index (χ0n) is 17.3. The Balaban J connectivity index is 1.91. The highest BCUT2D eigenvalue weighted by Crippen LogP contribution is 2.31. The van der Waals surface area contributed by atoms with Crippen molar-refractivity contribution in [1.29, 1.82) is 0 Å². The van der Waals surface area contributed by atoms with Gasteiger partial charge in [-0.1, -0.05) is 26.0 Å². The van der Waals surface area contributed by atoms with Crippen LogP contribution in [0.4, 0.5) is 5.69 Å². The van der Waals surface area contributed by atoms with Gasteiger partial charge in [0.05, 0.1) is 12.8 Å². The van der Waals surface area contributed by atoms with Gasteiger partial charge >= 0.3 is 0 Å². The molecule has 28 heavy (non-hydrogen) atoms. The molecule has 1 heterocycles. The molecule has 0 saturated carbocycles. The van der Waals surface area contributed by atoms with Crippen LogP contribution in [-0.4, -0.2) is 23.8 Å². The van der Waals surface area contributed by atoms with Gasteiger partial charge in [-0.05, 0) is 84.9 Å². The fraction of sp³-hybridized carbons (Fsp3) is 0.348. The number of ether oxygens (including phenoxy) is 1. The third-order valence-electron chi connectivity index (χ3n) is 5.29. The number of thiocarbonyl (C=S) groups is 1. The summed E-state index contributed by atoms with van der Waals surface area (Å²) in [5.41, 5.74) is 6.82. The van der Waals surface area contributed by atoms with Crippen LogP contribution in [0, 0.1) is 20.8 Å².